The summed E-state index contributed by atoms with van der Waals surface area (Å²) in [7, 11) is 1.63. The van der Waals surface area contributed by atoms with E-state index >= 15 is 0 Å². The Morgan fingerprint density at radius 1 is 1.17 bits per heavy atom. The van der Waals surface area contributed by atoms with Gasteiger partial charge in [-0.15, -0.1) is 0 Å². The first-order valence-corrected chi connectivity index (χ1v) is 7.08. The first-order valence-electron chi connectivity index (χ1n) is 7.08. The summed E-state index contributed by atoms with van der Waals surface area (Å²) in [5.74, 6) is 1.28. The minimum atomic E-state index is -0.402. The molecule has 0 fully saturated rings. The van der Waals surface area contributed by atoms with Crippen molar-refractivity contribution < 1.29 is 9.47 Å². The van der Waals surface area contributed by atoms with Crippen molar-refractivity contribution in [2.45, 2.75) is 6.54 Å². The summed E-state index contributed by atoms with van der Waals surface area (Å²) in [6, 6.07) is 8.75. The predicted octanol–water partition coefficient (Wildman–Crippen LogP) is 0.872. The number of rotatable bonds is 2. The van der Waals surface area contributed by atoms with Crippen LogP contribution >= 0.6 is 0 Å². The molecule has 0 spiro atoms. The Morgan fingerprint density at radius 2 is 2.00 bits per heavy atom. The molecule has 7 nitrogen and oxygen atoms in total. The lowest BCUT2D eigenvalue weighted by molar-refractivity contribution is 0.174. The number of aromatic nitrogens is 3. The van der Waals surface area contributed by atoms with Gasteiger partial charge in [0, 0.05) is 13.2 Å². The largest absolute Gasteiger partial charge is 0.454 e. The molecule has 0 N–H and O–H groups in total. The van der Waals surface area contributed by atoms with Crippen LogP contribution in [0.3, 0.4) is 0 Å². The van der Waals surface area contributed by atoms with E-state index < -0.39 is 5.56 Å². The summed E-state index contributed by atoms with van der Waals surface area (Å²) in [6.07, 6.45) is 1.54. The van der Waals surface area contributed by atoms with Crippen LogP contribution in [0.2, 0.25) is 0 Å². The van der Waals surface area contributed by atoms with E-state index in [-0.39, 0.29) is 24.5 Å². The topological polar surface area (TPSA) is 75.3 Å². The van der Waals surface area contributed by atoms with Gasteiger partial charge in [-0.3, -0.25) is 13.9 Å². The van der Waals surface area contributed by atoms with Gasteiger partial charge >= 0.3 is 5.69 Å². The van der Waals surface area contributed by atoms with Gasteiger partial charge < -0.3 is 9.47 Å². The number of ether oxygens (including phenoxy) is 2. The molecular formula is C16H13N3O4. The van der Waals surface area contributed by atoms with Crippen molar-refractivity contribution in [2.24, 2.45) is 7.05 Å². The first kappa shape index (κ1) is 13.6. The summed E-state index contributed by atoms with van der Waals surface area (Å²) in [4.78, 5) is 29.2. The zero-order chi connectivity index (χ0) is 16.0. The SMILES string of the molecule is Cn1c(=O)n(Cc2ccc3c(c2)OCO3)c(=O)c2ncccc21. The quantitative estimate of drug-likeness (QED) is 0.702. The molecular weight excluding hydrogens is 298 g/mol. The van der Waals surface area contributed by atoms with Crippen LogP contribution in [-0.2, 0) is 13.6 Å². The smallest absolute Gasteiger partial charge is 0.331 e. The van der Waals surface area contributed by atoms with Crippen LogP contribution in [0, 0.1) is 0 Å². The Morgan fingerprint density at radius 3 is 2.87 bits per heavy atom. The third-order valence-electron chi connectivity index (χ3n) is 3.89. The van der Waals surface area contributed by atoms with Crippen molar-refractivity contribution in [2.75, 3.05) is 6.79 Å². The molecule has 0 unspecified atom stereocenters. The maximum atomic E-state index is 12.6. The molecule has 23 heavy (non-hydrogen) atoms. The van der Waals surface area contributed by atoms with Crippen molar-refractivity contribution in [3.05, 3.63) is 62.9 Å². The van der Waals surface area contributed by atoms with Crippen molar-refractivity contribution >= 4 is 11.0 Å². The van der Waals surface area contributed by atoms with Crippen LogP contribution in [0.25, 0.3) is 11.0 Å². The summed E-state index contributed by atoms with van der Waals surface area (Å²) in [5, 5.41) is 0. The molecule has 0 saturated carbocycles. The summed E-state index contributed by atoms with van der Waals surface area (Å²) < 4.78 is 13.2. The van der Waals surface area contributed by atoms with Crippen LogP contribution in [0.1, 0.15) is 5.56 Å². The summed E-state index contributed by atoms with van der Waals surface area (Å²) >= 11 is 0. The van der Waals surface area contributed by atoms with E-state index in [9.17, 15) is 9.59 Å². The van der Waals surface area contributed by atoms with Gasteiger partial charge in [0.1, 0.15) is 0 Å². The monoisotopic (exact) mass is 311 g/mol. The second kappa shape index (κ2) is 4.98. The van der Waals surface area contributed by atoms with E-state index in [4.69, 9.17) is 9.47 Å². The van der Waals surface area contributed by atoms with Gasteiger partial charge in [0.15, 0.2) is 17.0 Å². The van der Waals surface area contributed by atoms with Gasteiger partial charge in [-0.05, 0) is 29.8 Å². The molecule has 116 valence electrons. The fourth-order valence-corrected chi connectivity index (χ4v) is 2.69. The Balaban J connectivity index is 1.86. The third-order valence-corrected chi connectivity index (χ3v) is 3.89. The number of fused-ring (bicyclic) bond motifs is 2. The molecule has 1 aliphatic rings. The second-order valence-electron chi connectivity index (χ2n) is 5.29. The van der Waals surface area contributed by atoms with Crippen molar-refractivity contribution in [1.29, 1.82) is 0 Å². The average molecular weight is 311 g/mol. The number of nitrogens with zero attached hydrogens (tertiary/aromatic N) is 3. The minimum Gasteiger partial charge on any atom is -0.454 e. The molecule has 0 radical (unpaired) electrons. The lowest BCUT2D eigenvalue weighted by Gasteiger charge is -2.10. The van der Waals surface area contributed by atoms with E-state index in [1.807, 2.05) is 6.07 Å². The van der Waals surface area contributed by atoms with Gasteiger partial charge in [-0.2, -0.15) is 0 Å². The van der Waals surface area contributed by atoms with Gasteiger partial charge in [0.05, 0.1) is 12.1 Å². The highest BCUT2D eigenvalue weighted by molar-refractivity contribution is 5.72. The zero-order valence-corrected chi connectivity index (χ0v) is 12.4. The van der Waals surface area contributed by atoms with E-state index in [2.05, 4.69) is 4.98 Å². The fourth-order valence-electron chi connectivity index (χ4n) is 2.69. The van der Waals surface area contributed by atoms with Crippen LogP contribution in [0.15, 0.2) is 46.1 Å². The standard InChI is InChI=1S/C16H13N3O4/c1-18-11-3-2-6-17-14(11)15(20)19(16(18)21)8-10-4-5-12-13(7-10)23-9-22-12/h2-7H,8-9H2,1H3. The highest BCUT2D eigenvalue weighted by Gasteiger charge is 2.16. The van der Waals surface area contributed by atoms with Crippen molar-refractivity contribution in [1.82, 2.24) is 14.1 Å². The molecule has 0 saturated heterocycles. The van der Waals surface area contributed by atoms with Crippen LogP contribution in [0.5, 0.6) is 11.5 Å². The number of hydrogen-bond donors (Lipinski definition) is 0. The Labute approximate surface area is 130 Å². The summed E-state index contributed by atoms with van der Waals surface area (Å²) in [6.45, 7) is 0.328. The molecule has 1 aliphatic heterocycles. The van der Waals surface area contributed by atoms with Gasteiger partial charge in [0.2, 0.25) is 6.79 Å². The van der Waals surface area contributed by atoms with E-state index in [1.165, 1.54) is 9.13 Å². The zero-order valence-electron chi connectivity index (χ0n) is 12.4. The van der Waals surface area contributed by atoms with Gasteiger partial charge in [0.25, 0.3) is 5.56 Å². The van der Waals surface area contributed by atoms with Crippen LogP contribution in [0.4, 0.5) is 0 Å². The number of aryl methyl sites for hydroxylation is 1. The molecule has 0 aliphatic carbocycles. The lowest BCUT2D eigenvalue weighted by atomic mass is 10.2. The third kappa shape index (κ3) is 2.09. The molecule has 1 aromatic carbocycles. The fraction of sp³-hybridized carbons (Fsp3) is 0.188. The first-order chi connectivity index (χ1) is 11.1. The predicted molar refractivity (Wildman–Crippen MR) is 82.9 cm³/mol. The van der Waals surface area contributed by atoms with E-state index in [1.54, 1.807) is 37.5 Å². The van der Waals surface area contributed by atoms with E-state index in [0.717, 1.165) is 5.56 Å². The molecule has 0 amide bonds. The molecule has 2 aromatic heterocycles. The normalized spacial score (nSPS) is 12.7. The van der Waals surface area contributed by atoms with Crippen LogP contribution in [-0.4, -0.2) is 20.9 Å². The van der Waals surface area contributed by atoms with Crippen molar-refractivity contribution in [3.8, 4) is 11.5 Å². The van der Waals surface area contributed by atoms with Gasteiger partial charge in [-0.25, -0.2) is 9.78 Å². The highest BCUT2D eigenvalue weighted by Crippen LogP contribution is 2.32. The molecule has 0 atom stereocenters. The molecule has 7 heteroatoms. The van der Waals surface area contributed by atoms with Crippen molar-refractivity contribution in [3.63, 3.8) is 0 Å². The van der Waals surface area contributed by atoms with E-state index in [0.29, 0.717) is 17.0 Å². The minimum absolute atomic E-state index is 0.147. The Kier molecular flexibility index (Phi) is 2.94. The molecule has 3 aromatic rings. The Hall–Kier alpha value is -3.09. The Bertz CT molecular complexity index is 1040. The maximum absolute atomic E-state index is 12.6. The number of hydrogen-bond acceptors (Lipinski definition) is 5. The molecule has 0 bridgehead atoms. The summed E-state index contributed by atoms with van der Waals surface area (Å²) in [5.41, 5.74) is 0.790. The number of pyridine rings is 1. The number of benzene rings is 1. The van der Waals surface area contributed by atoms with Crippen LogP contribution < -0.4 is 20.7 Å². The second-order valence-corrected chi connectivity index (χ2v) is 5.29. The van der Waals surface area contributed by atoms with Gasteiger partial charge in [-0.1, -0.05) is 6.07 Å². The highest BCUT2D eigenvalue weighted by atomic mass is 16.7. The maximum Gasteiger partial charge on any atom is 0.331 e. The molecule has 4 rings (SSSR count). The lowest BCUT2D eigenvalue weighted by Crippen LogP contribution is -2.39. The molecule has 3 heterocycles. The average Bonchev–Trinajstić information content (AvgIpc) is 3.04.